The molecule has 9 nitrogen and oxygen atoms in total. The average Bonchev–Trinajstić information content (AvgIpc) is 3.58. The van der Waals surface area contributed by atoms with Crippen LogP contribution in [0.15, 0.2) is 72.8 Å². The van der Waals surface area contributed by atoms with Gasteiger partial charge in [0.2, 0.25) is 6.41 Å². The zero-order valence-electron chi connectivity index (χ0n) is 28.3. The zero-order chi connectivity index (χ0) is 34.0. The van der Waals surface area contributed by atoms with Crippen molar-refractivity contribution in [3.63, 3.8) is 0 Å². The summed E-state index contributed by atoms with van der Waals surface area (Å²) in [7, 11) is 0. The van der Waals surface area contributed by atoms with Gasteiger partial charge in [-0.15, -0.1) is 0 Å². The molecule has 2 aliphatic rings. The molecular formula is C37H51ClN6O3. The molecule has 2 amide bonds. The lowest BCUT2D eigenvalue weighted by Gasteiger charge is -2.39. The number of hydrogen-bond acceptors (Lipinski definition) is 6. The second-order valence-electron chi connectivity index (χ2n) is 12.0. The minimum absolute atomic E-state index is 0.119. The van der Waals surface area contributed by atoms with Crippen molar-refractivity contribution in [2.24, 2.45) is 0 Å². The number of anilines is 1. The Kier molecular flexibility index (Phi) is 16.2. The summed E-state index contributed by atoms with van der Waals surface area (Å²) in [6.45, 7) is 12.0. The Labute approximate surface area is 285 Å². The highest BCUT2D eigenvalue weighted by Gasteiger charge is 2.29. The van der Waals surface area contributed by atoms with E-state index in [1.807, 2.05) is 46.0 Å². The van der Waals surface area contributed by atoms with Crippen LogP contribution in [-0.2, 0) is 22.5 Å². The third-order valence-electron chi connectivity index (χ3n) is 8.16. The van der Waals surface area contributed by atoms with Crippen LogP contribution in [0.3, 0.4) is 0 Å². The molecule has 1 atom stereocenters. The van der Waals surface area contributed by atoms with E-state index in [4.69, 9.17) is 21.7 Å². The van der Waals surface area contributed by atoms with Crippen LogP contribution in [0.2, 0.25) is 5.02 Å². The van der Waals surface area contributed by atoms with Crippen molar-refractivity contribution >= 4 is 36.0 Å². The molecule has 1 aliphatic carbocycles. The van der Waals surface area contributed by atoms with Crippen LogP contribution in [0.4, 0.5) is 10.5 Å². The van der Waals surface area contributed by atoms with Crippen molar-refractivity contribution in [2.45, 2.75) is 84.9 Å². The first-order valence-corrected chi connectivity index (χ1v) is 17.0. The standard InChI is InChI=1S/C24H35ClN2O2.C11H11N3O.C2H5N/c1-4-19-17-20(25)10-11-22(19)23(16-18(2)3)26-12-14-27(15-13-26)24(28)29-21-8-6-5-7-9-21;15-9-13-11-3-1-2-10(6-11)7-14-5-4-12-8-14;1-2-3/h10-11,16-17,21,23H,4-9,12-15H2,1-3H3;1-6,8-9H,7H2,(H,13,15);2-3H,1H3/t23-;;/m0../s1. The molecule has 1 aromatic heterocycles. The van der Waals surface area contributed by atoms with Crippen molar-refractivity contribution in [3.05, 3.63) is 94.5 Å². The van der Waals surface area contributed by atoms with E-state index in [1.165, 1.54) is 42.2 Å². The van der Waals surface area contributed by atoms with Gasteiger partial charge in [0.1, 0.15) is 6.10 Å². The van der Waals surface area contributed by atoms with Crippen molar-refractivity contribution in [3.8, 4) is 0 Å². The minimum atomic E-state index is -0.129. The lowest BCUT2D eigenvalue weighted by molar-refractivity contribution is -0.105. The molecule has 0 radical (unpaired) electrons. The molecule has 2 aromatic carbocycles. The second-order valence-corrected chi connectivity index (χ2v) is 12.5. The van der Waals surface area contributed by atoms with E-state index in [1.54, 1.807) is 19.4 Å². The number of carbonyl (C=O) groups is 2. The topological polar surface area (TPSA) is 104 Å². The molecule has 0 bridgehead atoms. The number of ether oxygens (including phenoxy) is 1. The molecule has 5 rings (SSSR count). The number of piperazine rings is 1. The van der Waals surface area contributed by atoms with E-state index < -0.39 is 0 Å². The fraction of sp³-hybridized carbons (Fsp3) is 0.459. The predicted molar refractivity (Wildman–Crippen MR) is 191 cm³/mol. The zero-order valence-corrected chi connectivity index (χ0v) is 29.1. The minimum Gasteiger partial charge on any atom is -0.446 e. The largest absolute Gasteiger partial charge is 0.446 e. The third-order valence-corrected chi connectivity index (χ3v) is 8.39. The first-order chi connectivity index (χ1) is 22.8. The molecule has 0 unspecified atom stereocenters. The Balaban J connectivity index is 0.000000278. The number of aromatic nitrogens is 2. The third kappa shape index (κ3) is 12.6. The van der Waals surface area contributed by atoms with Gasteiger partial charge < -0.3 is 24.9 Å². The summed E-state index contributed by atoms with van der Waals surface area (Å²) in [6, 6.07) is 14.2. The van der Waals surface area contributed by atoms with Crippen LogP contribution in [-0.4, -0.2) is 70.4 Å². The molecule has 47 heavy (non-hydrogen) atoms. The summed E-state index contributed by atoms with van der Waals surface area (Å²) in [5.41, 5.74) is 5.84. The van der Waals surface area contributed by atoms with Crippen molar-refractivity contribution in [2.75, 3.05) is 31.5 Å². The molecule has 0 spiro atoms. The molecule has 3 aromatic rings. The van der Waals surface area contributed by atoms with Crippen molar-refractivity contribution < 1.29 is 14.3 Å². The number of nitrogens with one attached hydrogen (secondary N) is 2. The summed E-state index contributed by atoms with van der Waals surface area (Å²) in [6.07, 6.45) is 16.3. The summed E-state index contributed by atoms with van der Waals surface area (Å²) in [4.78, 5) is 31.2. The first kappa shape index (κ1) is 37.5. The molecule has 2 heterocycles. The highest BCUT2D eigenvalue weighted by atomic mass is 35.5. The maximum Gasteiger partial charge on any atom is 0.410 e. The van der Waals surface area contributed by atoms with Crippen LogP contribution in [0.1, 0.15) is 82.5 Å². The number of halogens is 1. The van der Waals surface area contributed by atoms with Crippen molar-refractivity contribution in [1.29, 1.82) is 5.41 Å². The number of nitrogens with zero attached hydrogens (tertiary/aromatic N) is 4. The van der Waals surface area contributed by atoms with Crippen LogP contribution in [0, 0.1) is 5.41 Å². The molecule has 2 fully saturated rings. The van der Waals surface area contributed by atoms with Crippen LogP contribution < -0.4 is 5.32 Å². The van der Waals surface area contributed by atoms with E-state index in [9.17, 15) is 9.59 Å². The van der Waals surface area contributed by atoms with Crippen molar-refractivity contribution in [1.82, 2.24) is 19.4 Å². The van der Waals surface area contributed by atoms with Crippen LogP contribution in [0.5, 0.6) is 0 Å². The van der Waals surface area contributed by atoms with E-state index >= 15 is 0 Å². The monoisotopic (exact) mass is 662 g/mol. The van der Waals surface area contributed by atoms with Crippen LogP contribution in [0.25, 0.3) is 0 Å². The molecule has 10 heteroatoms. The molecule has 254 valence electrons. The van der Waals surface area contributed by atoms with Gasteiger partial charge in [-0.05, 0) is 100 Å². The summed E-state index contributed by atoms with van der Waals surface area (Å²) in [5, 5.41) is 9.49. The summed E-state index contributed by atoms with van der Waals surface area (Å²) in [5.74, 6) is 0. The lowest BCUT2D eigenvalue weighted by Crippen LogP contribution is -2.50. The number of aryl methyl sites for hydroxylation is 1. The Morgan fingerprint density at radius 2 is 1.83 bits per heavy atom. The fourth-order valence-electron chi connectivity index (χ4n) is 5.88. The van der Waals surface area contributed by atoms with E-state index in [0.717, 1.165) is 55.2 Å². The number of benzene rings is 2. The fourth-order valence-corrected chi connectivity index (χ4v) is 6.07. The van der Waals surface area contributed by atoms with E-state index in [2.05, 4.69) is 54.2 Å². The first-order valence-electron chi connectivity index (χ1n) is 16.6. The van der Waals surface area contributed by atoms with Gasteiger partial charge in [-0.2, -0.15) is 0 Å². The van der Waals surface area contributed by atoms with Gasteiger partial charge in [0, 0.05) is 55.8 Å². The molecule has 2 N–H and O–H groups in total. The van der Waals surface area contributed by atoms with E-state index in [0.29, 0.717) is 19.5 Å². The smallest absolute Gasteiger partial charge is 0.410 e. The van der Waals surface area contributed by atoms with Gasteiger partial charge in [0.25, 0.3) is 0 Å². The predicted octanol–water partition coefficient (Wildman–Crippen LogP) is 8.15. The Morgan fingerprint density at radius 1 is 1.11 bits per heavy atom. The average molecular weight is 663 g/mol. The number of amides is 2. The highest BCUT2D eigenvalue weighted by molar-refractivity contribution is 6.30. The van der Waals surface area contributed by atoms with Gasteiger partial charge in [-0.25, -0.2) is 9.78 Å². The van der Waals surface area contributed by atoms with Gasteiger partial charge >= 0.3 is 6.09 Å². The lowest BCUT2D eigenvalue weighted by atomic mass is 9.95. The number of allylic oxidation sites excluding steroid dienone is 1. The van der Waals surface area contributed by atoms with Gasteiger partial charge in [-0.3, -0.25) is 9.69 Å². The number of carbonyl (C=O) groups excluding carboxylic acids is 2. The van der Waals surface area contributed by atoms with Crippen LogP contribution >= 0.6 is 11.6 Å². The number of imidazole rings is 1. The van der Waals surface area contributed by atoms with E-state index in [-0.39, 0.29) is 18.2 Å². The van der Waals surface area contributed by atoms with Gasteiger partial charge in [0.15, 0.2) is 0 Å². The maximum atomic E-state index is 12.6. The Hall–Kier alpha value is -3.95. The maximum absolute atomic E-state index is 12.6. The summed E-state index contributed by atoms with van der Waals surface area (Å²) < 4.78 is 7.74. The Bertz CT molecular complexity index is 1410. The highest BCUT2D eigenvalue weighted by Crippen LogP contribution is 2.30. The molecule has 1 aliphatic heterocycles. The number of hydrogen-bond donors (Lipinski definition) is 2. The molecular weight excluding hydrogens is 612 g/mol. The SMILES string of the molecule is CC=N.CCc1cc(Cl)ccc1[C@H](C=C(C)C)N1CCN(C(=O)OC2CCCCC2)CC1.O=CNc1cccc(Cn2ccnc2)c1. The quantitative estimate of drug-likeness (QED) is 0.137. The molecule has 1 saturated carbocycles. The Morgan fingerprint density at radius 3 is 2.45 bits per heavy atom. The normalized spacial score (nSPS) is 15.6. The molecule has 1 saturated heterocycles. The van der Waals surface area contributed by atoms with Gasteiger partial charge in [-0.1, -0.05) is 54.8 Å². The summed E-state index contributed by atoms with van der Waals surface area (Å²) >= 11 is 6.24. The van der Waals surface area contributed by atoms with Gasteiger partial charge in [0.05, 0.1) is 12.4 Å². The second kappa shape index (κ2) is 20.3. The number of rotatable bonds is 9.